The van der Waals surface area contributed by atoms with Crippen molar-refractivity contribution in [2.75, 3.05) is 26.3 Å². The van der Waals surface area contributed by atoms with E-state index in [4.69, 9.17) is 21.7 Å². The minimum absolute atomic E-state index is 0.154. The van der Waals surface area contributed by atoms with Crippen LogP contribution in [-0.4, -0.2) is 58.6 Å². The van der Waals surface area contributed by atoms with Crippen LogP contribution >= 0.6 is 0 Å². The second-order valence-electron chi connectivity index (χ2n) is 2.37. The largest absolute Gasteiger partial charge is 0.394 e. The highest BCUT2D eigenvalue weighted by Gasteiger charge is 2.21. The Morgan fingerprint density at radius 2 is 1.21 bits per heavy atom. The lowest BCUT2D eigenvalue weighted by Crippen LogP contribution is -2.55. The first-order valence-electron chi connectivity index (χ1n) is 3.90. The van der Waals surface area contributed by atoms with E-state index in [9.17, 15) is 9.59 Å². The zero-order valence-electron chi connectivity index (χ0n) is 7.59. The average Bonchev–Trinajstić information content (AvgIpc) is 2.10. The molecule has 0 atom stereocenters. The van der Waals surface area contributed by atoms with E-state index in [-0.39, 0.29) is 26.3 Å². The van der Waals surface area contributed by atoms with Gasteiger partial charge < -0.3 is 21.7 Å². The number of primary amides is 2. The fourth-order valence-corrected chi connectivity index (χ4v) is 0.889. The molecule has 4 amide bonds. The summed E-state index contributed by atoms with van der Waals surface area (Å²) in [5.74, 6) is 0. The van der Waals surface area contributed by atoms with E-state index < -0.39 is 12.1 Å². The van der Waals surface area contributed by atoms with Gasteiger partial charge in [-0.05, 0) is 0 Å². The number of hydrogen-bond acceptors (Lipinski definition) is 4. The van der Waals surface area contributed by atoms with Crippen molar-refractivity contribution < 1.29 is 19.8 Å². The number of rotatable bonds is 4. The quantitative estimate of drug-likeness (QED) is 0.383. The third kappa shape index (κ3) is 3.46. The molecule has 0 unspecified atom stereocenters. The van der Waals surface area contributed by atoms with E-state index in [0.717, 1.165) is 10.0 Å². The number of aliphatic hydroxyl groups excluding tert-OH is 2. The molecule has 0 radical (unpaired) electrons. The van der Waals surface area contributed by atoms with Crippen LogP contribution in [0, 0.1) is 0 Å². The summed E-state index contributed by atoms with van der Waals surface area (Å²) >= 11 is 0. The molecule has 82 valence electrons. The van der Waals surface area contributed by atoms with Crippen molar-refractivity contribution >= 4 is 12.1 Å². The number of urea groups is 2. The number of nitrogens with two attached hydrogens (primary N) is 2. The van der Waals surface area contributed by atoms with Gasteiger partial charge in [-0.2, -0.15) is 0 Å². The second kappa shape index (κ2) is 6.00. The van der Waals surface area contributed by atoms with Crippen LogP contribution in [0.25, 0.3) is 0 Å². The van der Waals surface area contributed by atoms with Crippen molar-refractivity contribution in [2.45, 2.75) is 0 Å². The van der Waals surface area contributed by atoms with Crippen molar-refractivity contribution in [1.29, 1.82) is 0 Å². The van der Waals surface area contributed by atoms with Gasteiger partial charge in [0.25, 0.3) is 0 Å². The summed E-state index contributed by atoms with van der Waals surface area (Å²) in [6.07, 6.45) is 0. The van der Waals surface area contributed by atoms with Crippen molar-refractivity contribution in [1.82, 2.24) is 10.0 Å². The minimum atomic E-state index is -0.925. The van der Waals surface area contributed by atoms with Gasteiger partial charge in [0, 0.05) is 0 Å². The lowest BCUT2D eigenvalue weighted by molar-refractivity contribution is 0.0307. The molecule has 0 saturated heterocycles. The number of hydrogen-bond donors (Lipinski definition) is 4. The normalized spacial score (nSPS) is 9.57. The van der Waals surface area contributed by atoms with E-state index in [1.807, 2.05) is 0 Å². The van der Waals surface area contributed by atoms with Gasteiger partial charge in [-0.1, -0.05) is 0 Å². The van der Waals surface area contributed by atoms with Gasteiger partial charge >= 0.3 is 12.1 Å². The Morgan fingerprint density at radius 3 is 1.36 bits per heavy atom. The first-order valence-corrected chi connectivity index (χ1v) is 3.90. The maximum Gasteiger partial charge on any atom is 0.333 e. The summed E-state index contributed by atoms with van der Waals surface area (Å²) in [6.45, 7) is -1.03. The summed E-state index contributed by atoms with van der Waals surface area (Å²) in [5, 5.41) is 18.7. The Balaban J connectivity index is 4.54. The third-order valence-electron chi connectivity index (χ3n) is 1.42. The van der Waals surface area contributed by atoms with Gasteiger partial charge in [0.05, 0.1) is 26.3 Å². The molecule has 0 aromatic carbocycles. The van der Waals surface area contributed by atoms with Crippen LogP contribution in [0.3, 0.4) is 0 Å². The molecule has 0 aliphatic carbocycles. The molecule has 6 N–H and O–H groups in total. The molecule has 0 saturated carbocycles. The Hall–Kier alpha value is -1.54. The Morgan fingerprint density at radius 1 is 0.929 bits per heavy atom. The van der Waals surface area contributed by atoms with Crippen LogP contribution in [0.5, 0.6) is 0 Å². The second-order valence-corrected chi connectivity index (χ2v) is 2.37. The Labute approximate surface area is 80.6 Å². The van der Waals surface area contributed by atoms with Crippen LogP contribution in [0.2, 0.25) is 0 Å². The molecule has 0 aliphatic rings. The maximum atomic E-state index is 10.8. The monoisotopic (exact) mass is 206 g/mol. The third-order valence-corrected chi connectivity index (χ3v) is 1.42. The SMILES string of the molecule is NC(=O)N(CCO)N(CCO)C(N)=O. The highest BCUT2D eigenvalue weighted by Crippen LogP contribution is 1.96. The van der Waals surface area contributed by atoms with E-state index >= 15 is 0 Å². The molecule has 14 heavy (non-hydrogen) atoms. The fraction of sp³-hybridized carbons (Fsp3) is 0.667. The number of carbonyl (C=O) groups is 2. The lowest BCUT2D eigenvalue weighted by Gasteiger charge is -2.30. The Bertz CT molecular complexity index is 188. The molecule has 0 spiro atoms. The van der Waals surface area contributed by atoms with Crippen LogP contribution in [0.15, 0.2) is 0 Å². The fourth-order valence-electron chi connectivity index (χ4n) is 0.889. The first kappa shape index (κ1) is 12.5. The molecule has 0 aromatic rings. The lowest BCUT2D eigenvalue weighted by atomic mass is 10.6. The average molecular weight is 206 g/mol. The molecular formula is C6H14N4O4. The molecule has 0 aliphatic heterocycles. The summed E-state index contributed by atoms with van der Waals surface area (Å²) in [6, 6.07) is -1.85. The predicted octanol–water partition coefficient (Wildman–Crippen LogP) is -2.35. The van der Waals surface area contributed by atoms with Gasteiger partial charge in [0.2, 0.25) is 0 Å². The van der Waals surface area contributed by atoms with Crippen molar-refractivity contribution in [3.05, 3.63) is 0 Å². The Kier molecular flexibility index (Phi) is 5.34. The standard InChI is InChI=1S/C6H14N4O4/c7-5(13)9(1-3-11)10(2-4-12)6(8)14/h11-12H,1-4H2,(H2,7,13)(H2,8,14). The summed E-state index contributed by atoms with van der Waals surface area (Å²) in [4.78, 5) is 21.6. The van der Waals surface area contributed by atoms with Crippen LogP contribution in [0.1, 0.15) is 0 Å². The molecule has 0 bridgehead atoms. The van der Waals surface area contributed by atoms with Crippen LogP contribution in [-0.2, 0) is 0 Å². The van der Waals surface area contributed by atoms with Crippen molar-refractivity contribution in [3.8, 4) is 0 Å². The summed E-state index contributed by atoms with van der Waals surface area (Å²) < 4.78 is 0. The van der Waals surface area contributed by atoms with Gasteiger partial charge in [-0.15, -0.1) is 0 Å². The molecule has 0 fully saturated rings. The number of amides is 4. The highest BCUT2D eigenvalue weighted by atomic mass is 16.3. The first-order chi connectivity index (χ1) is 6.54. The summed E-state index contributed by atoms with van der Waals surface area (Å²) in [5.41, 5.74) is 9.87. The summed E-state index contributed by atoms with van der Waals surface area (Å²) in [7, 11) is 0. The minimum Gasteiger partial charge on any atom is -0.394 e. The van der Waals surface area contributed by atoms with E-state index in [1.54, 1.807) is 0 Å². The van der Waals surface area contributed by atoms with Crippen molar-refractivity contribution in [3.63, 3.8) is 0 Å². The van der Waals surface area contributed by atoms with Crippen molar-refractivity contribution in [2.24, 2.45) is 11.5 Å². The molecular weight excluding hydrogens is 192 g/mol. The zero-order chi connectivity index (χ0) is 11.1. The van der Waals surface area contributed by atoms with Gasteiger partial charge in [0.15, 0.2) is 0 Å². The van der Waals surface area contributed by atoms with E-state index in [1.165, 1.54) is 0 Å². The highest BCUT2D eigenvalue weighted by molar-refractivity contribution is 5.78. The maximum absolute atomic E-state index is 10.8. The van der Waals surface area contributed by atoms with Crippen LogP contribution < -0.4 is 11.5 Å². The van der Waals surface area contributed by atoms with Gasteiger partial charge in [0.1, 0.15) is 0 Å². The number of carbonyl (C=O) groups excluding carboxylic acids is 2. The number of hydrazine groups is 1. The molecule has 0 heterocycles. The zero-order valence-corrected chi connectivity index (χ0v) is 7.59. The van der Waals surface area contributed by atoms with E-state index in [0.29, 0.717) is 0 Å². The van der Waals surface area contributed by atoms with Gasteiger partial charge in [-0.3, -0.25) is 0 Å². The predicted molar refractivity (Wildman–Crippen MR) is 46.8 cm³/mol. The smallest absolute Gasteiger partial charge is 0.333 e. The van der Waals surface area contributed by atoms with Crippen LogP contribution in [0.4, 0.5) is 9.59 Å². The topological polar surface area (TPSA) is 133 Å². The van der Waals surface area contributed by atoms with Gasteiger partial charge in [-0.25, -0.2) is 19.6 Å². The molecule has 0 rings (SSSR count). The molecule has 0 aromatic heterocycles. The molecule has 8 heteroatoms. The molecule has 8 nitrogen and oxygen atoms in total. The number of aliphatic hydroxyl groups is 2. The number of nitrogens with zero attached hydrogens (tertiary/aromatic N) is 2. The van der Waals surface area contributed by atoms with E-state index in [2.05, 4.69) is 0 Å².